The van der Waals surface area contributed by atoms with Crippen LogP contribution in [0, 0.1) is 16.7 Å². The summed E-state index contributed by atoms with van der Waals surface area (Å²) in [5, 5.41) is 18.5. The maximum absolute atomic E-state index is 11.6. The fourth-order valence-electron chi connectivity index (χ4n) is 3.08. The van der Waals surface area contributed by atoms with E-state index in [4.69, 9.17) is 10.00 Å². The third-order valence-electron chi connectivity index (χ3n) is 5.10. The third kappa shape index (κ3) is 4.61. The fraction of sp³-hybridized carbons (Fsp3) is 0.409. The van der Waals surface area contributed by atoms with Gasteiger partial charge in [0.15, 0.2) is 0 Å². The molecule has 6 heteroatoms. The van der Waals surface area contributed by atoms with Crippen molar-refractivity contribution in [1.29, 1.82) is 5.26 Å². The van der Waals surface area contributed by atoms with Crippen LogP contribution >= 0.6 is 0 Å². The minimum atomic E-state index is -0.900. The molecular formula is C22H25N3O3. The molecule has 0 aliphatic heterocycles. The molecule has 0 radical (unpaired) electrons. The van der Waals surface area contributed by atoms with Crippen LogP contribution in [0.1, 0.15) is 39.2 Å². The van der Waals surface area contributed by atoms with Crippen LogP contribution < -0.4 is 4.74 Å². The van der Waals surface area contributed by atoms with E-state index in [0.29, 0.717) is 24.5 Å². The van der Waals surface area contributed by atoms with Gasteiger partial charge in [-0.1, -0.05) is 12.1 Å². The van der Waals surface area contributed by atoms with Crippen LogP contribution in [-0.2, 0) is 0 Å². The Morgan fingerprint density at radius 1 is 1.25 bits per heavy atom. The molecule has 1 aliphatic rings. The first-order chi connectivity index (χ1) is 13.2. The quantitative estimate of drug-likeness (QED) is 0.795. The van der Waals surface area contributed by atoms with Gasteiger partial charge in [0.05, 0.1) is 24.4 Å². The first kappa shape index (κ1) is 19.7. The smallest absolute Gasteiger partial charge is 0.407 e. The van der Waals surface area contributed by atoms with E-state index in [1.165, 1.54) is 4.90 Å². The van der Waals surface area contributed by atoms with Crippen molar-refractivity contribution in [2.24, 2.45) is 5.41 Å². The van der Waals surface area contributed by atoms with Crippen molar-refractivity contribution < 1.29 is 14.6 Å². The number of benzene rings is 1. The molecule has 0 bridgehead atoms. The van der Waals surface area contributed by atoms with Crippen LogP contribution in [0.4, 0.5) is 4.79 Å². The van der Waals surface area contributed by atoms with Crippen molar-refractivity contribution in [3.05, 3.63) is 48.3 Å². The SMILES string of the molecule is CC(C)(C)N(CC1(COc2cncc(-c3ccc(C#N)cc3)c2)CC1)C(=O)O. The van der Waals surface area contributed by atoms with E-state index < -0.39 is 11.6 Å². The molecule has 1 aliphatic carbocycles. The molecule has 6 nitrogen and oxygen atoms in total. The molecule has 1 saturated carbocycles. The summed E-state index contributed by atoms with van der Waals surface area (Å²) in [6.07, 6.45) is 4.43. The highest BCUT2D eigenvalue weighted by Crippen LogP contribution is 2.47. The Bertz CT molecular complexity index is 890. The molecule has 2 aromatic rings. The number of rotatable bonds is 6. The number of hydrogen-bond donors (Lipinski definition) is 1. The minimum Gasteiger partial charge on any atom is -0.491 e. The summed E-state index contributed by atoms with van der Waals surface area (Å²) in [7, 11) is 0. The summed E-state index contributed by atoms with van der Waals surface area (Å²) in [6.45, 7) is 6.65. The topological polar surface area (TPSA) is 86.5 Å². The predicted molar refractivity (Wildman–Crippen MR) is 106 cm³/mol. The Kier molecular flexibility index (Phi) is 5.28. The summed E-state index contributed by atoms with van der Waals surface area (Å²) in [4.78, 5) is 17.4. The average molecular weight is 379 g/mol. The van der Waals surface area contributed by atoms with Crippen LogP contribution in [0.3, 0.4) is 0 Å². The van der Waals surface area contributed by atoms with E-state index in [9.17, 15) is 9.90 Å². The Morgan fingerprint density at radius 3 is 2.46 bits per heavy atom. The number of amides is 1. The zero-order valence-electron chi connectivity index (χ0n) is 16.5. The number of nitrogens with zero attached hydrogens (tertiary/aromatic N) is 3. The van der Waals surface area contributed by atoms with Crippen molar-refractivity contribution in [2.75, 3.05) is 13.2 Å². The van der Waals surface area contributed by atoms with Gasteiger partial charge >= 0.3 is 6.09 Å². The number of pyridine rings is 1. The van der Waals surface area contributed by atoms with Crippen LogP contribution in [0.5, 0.6) is 5.75 Å². The Balaban J connectivity index is 1.68. The molecule has 1 heterocycles. The van der Waals surface area contributed by atoms with Crippen molar-refractivity contribution in [1.82, 2.24) is 9.88 Å². The normalized spacial score (nSPS) is 14.8. The highest BCUT2D eigenvalue weighted by Gasteiger charge is 2.47. The van der Waals surface area contributed by atoms with Gasteiger partial charge < -0.3 is 14.7 Å². The van der Waals surface area contributed by atoms with Gasteiger partial charge in [-0.05, 0) is 57.4 Å². The summed E-state index contributed by atoms with van der Waals surface area (Å²) >= 11 is 0. The van der Waals surface area contributed by atoms with Crippen LogP contribution in [0.2, 0.25) is 0 Å². The monoisotopic (exact) mass is 379 g/mol. The molecular weight excluding hydrogens is 354 g/mol. The zero-order chi connectivity index (χ0) is 20.4. The summed E-state index contributed by atoms with van der Waals surface area (Å²) in [5.74, 6) is 0.658. The van der Waals surface area contributed by atoms with E-state index in [2.05, 4.69) is 11.1 Å². The maximum Gasteiger partial charge on any atom is 0.407 e. The van der Waals surface area contributed by atoms with Crippen molar-refractivity contribution >= 4 is 6.09 Å². The van der Waals surface area contributed by atoms with Crippen LogP contribution in [-0.4, -0.2) is 39.8 Å². The van der Waals surface area contributed by atoms with Crippen molar-refractivity contribution in [2.45, 2.75) is 39.2 Å². The molecule has 3 rings (SSSR count). The number of carboxylic acid groups (broad SMARTS) is 1. The molecule has 0 atom stereocenters. The largest absolute Gasteiger partial charge is 0.491 e. The molecule has 1 fully saturated rings. The lowest BCUT2D eigenvalue weighted by atomic mass is 10.0. The summed E-state index contributed by atoms with van der Waals surface area (Å²) in [6, 6.07) is 11.3. The van der Waals surface area contributed by atoms with Gasteiger partial charge in [-0.2, -0.15) is 5.26 Å². The zero-order valence-corrected chi connectivity index (χ0v) is 16.5. The molecule has 28 heavy (non-hydrogen) atoms. The first-order valence-electron chi connectivity index (χ1n) is 9.31. The Labute approximate surface area is 165 Å². The van der Waals surface area contributed by atoms with Crippen LogP contribution in [0.25, 0.3) is 11.1 Å². The molecule has 1 amide bonds. The van der Waals surface area contributed by atoms with Gasteiger partial charge in [0.25, 0.3) is 0 Å². The van der Waals surface area contributed by atoms with Gasteiger partial charge in [-0.25, -0.2) is 4.79 Å². The fourth-order valence-corrected chi connectivity index (χ4v) is 3.08. The molecule has 0 spiro atoms. The van der Waals surface area contributed by atoms with E-state index in [1.807, 2.05) is 39.0 Å². The van der Waals surface area contributed by atoms with Gasteiger partial charge in [0.1, 0.15) is 5.75 Å². The van der Waals surface area contributed by atoms with E-state index >= 15 is 0 Å². The lowest BCUT2D eigenvalue weighted by Gasteiger charge is -2.36. The minimum absolute atomic E-state index is 0.129. The van der Waals surface area contributed by atoms with E-state index in [0.717, 1.165) is 24.0 Å². The molecule has 1 N–H and O–H groups in total. The third-order valence-corrected chi connectivity index (χ3v) is 5.10. The number of nitriles is 1. The van der Waals surface area contributed by atoms with Gasteiger partial charge in [-0.15, -0.1) is 0 Å². The number of ether oxygens (including phenoxy) is 1. The second kappa shape index (κ2) is 7.51. The second-order valence-electron chi connectivity index (χ2n) is 8.43. The number of carbonyl (C=O) groups is 1. The second-order valence-corrected chi connectivity index (χ2v) is 8.43. The lowest BCUT2D eigenvalue weighted by Crippen LogP contribution is -2.48. The molecule has 1 aromatic carbocycles. The van der Waals surface area contributed by atoms with E-state index in [1.54, 1.807) is 24.5 Å². The van der Waals surface area contributed by atoms with Gasteiger partial charge in [0, 0.05) is 29.3 Å². The maximum atomic E-state index is 11.6. The van der Waals surface area contributed by atoms with Crippen molar-refractivity contribution in [3.8, 4) is 22.9 Å². The summed E-state index contributed by atoms with van der Waals surface area (Å²) < 4.78 is 6.00. The highest BCUT2D eigenvalue weighted by molar-refractivity contribution is 5.66. The average Bonchev–Trinajstić information content (AvgIpc) is 3.44. The lowest BCUT2D eigenvalue weighted by molar-refractivity contribution is 0.0746. The first-order valence-corrected chi connectivity index (χ1v) is 9.31. The Morgan fingerprint density at radius 2 is 1.93 bits per heavy atom. The Hall–Kier alpha value is -3.07. The molecule has 0 saturated heterocycles. The van der Waals surface area contributed by atoms with Crippen molar-refractivity contribution in [3.63, 3.8) is 0 Å². The van der Waals surface area contributed by atoms with Gasteiger partial charge in [0.2, 0.25) is 0 Å². The highest BCUT2D eigenvalue weighted by atomic mass is 16.5. The molecule has 146 valence electrons. The molecule has 0 unspecified atom stereocenters. The number of aromatic nitrogens is 1. The van der Waals surface area contributed by atoms with E-state index in [-0.39, 0.29) is 5.41 Å². The molecule has 1 aromatic heterocycles. The standard InChI is InChI=1S/C22H25N3O3/c1-21(2,3)25(20(26)27)14-22(8-9-22)15-28-19-10-18(12-24-13-19)17-6-4-16(11-23)5-7-17/h4-7,10,12-13H,8-9,14-15H2,1-3H3,(H,26,27). The van der Waals surface area contributed by atoms with Crippen LogP contribution in [0.15, 0.2) is 42.7 Å². The number of hydrogen-bond acceptors (Lipinski definition) is 4. The predicted octanol–water partition coefficient (Wildman–Crippen LogP) is 4.56. The summed E-state index contributed by atoms with van der Waals surface area (Å²) in [5.41, 5.74) is 1.91. The van der Waals surface area contributed by atoms with Gasteiger partial charge in [-0.3, -0.25) is 4.98 Å².